The predicted octanol–water partition coefficient (Wildman–Crippen LogP) is 2.08. The van der Waals surface area contributed by atoms with Gasteiger partial charge in [-0.05, 0) is 31.5 Å². The van der Waals surface area contributed by atoms with Crippen LogP contribution in [0.25, 0.3) is 0 Å². The van der Waals surface area contributed by atoms with Gasteiger partial charge in [0.25, 0.3) is 0 Å². The largest absolute Gasteiger partial charge is 0.375 e. The van der Waals surface area contributed by atoms with E-state index in [2.05, 4.69) is 0 Å². The molecule has 0 saturated heterocycles. The van der Waals surface area contributed by atoms with E-state index >= 15 is 0 Å². The monoisotopic (exact) mass is 197 g/mol. The highest BCUT2D eigenvalue weighted by Crippen LogP contribution is 2.06. The lowest BCUT2D eigenvalue weighted by Gasteiger charge is -2.18. The molecule has 3 heteroatoms. The van der Waals surface area contributed by atoms with Crippen LogP contribution in [-0.4, -0.2) is 12.1 Å². The van der Waals surface area contributed by atoms with Gasteiger partial charge in [0.15, 0.2) is 0 Å². The average molecular weight is 197 g/mol. The third kappa shape index (κ3) is 4.35. The predicted molar refractivity (Wildman–Crippen MR) is 54.3 cm³/mol. The van der Waals surface area contributed by atoms with Gasteiger partial charge in [0, 0.05) is 5.54 Å². The Hall–Kier alpha value is -0.930. The highest BCUT2D eigenvalue weighted by atomic mass is 19.1. The summed E-state index contributed by atoms with van der Waals surface area (Å²) in [7, 11) is 0. The summed E-state index contributed by atoms with van der Waals surface area (Å²) in [4.78, 5) is 0. The second kappa shape index (κ2) is 4.53. The number of nitrogens with two attached hydrogens (primary N) is 1. The average Bonchev–Trinajstić information content (AvgIpc) is 2.01. The molecular weight excluding hydrogens is 181 g/mol. The van der Waals surface area contributed by atoms with Gasteiger partial charge in [-0.3, -0.25) is 0 Å². The van der Waals surface area contributed by atoms with Crippen molar-refractivity contribution in [1.82, 2.24) is 0 Å². The number of hydrogen-bond donors (Lipinski definition) is 1. The van der Waals surface area contributed by atoms with E-state index in [1.54, 1.807) is 6.07 Å². The summed E-state index contributed by atoms with van der Waals surface area (Å²) in [6.45, 7) is 4.64. The third-order valence-electron chi connectivity index (χ3n) is 1.63. The second-order valence-corrected chi connectivity index (χ2v) is 4.11. The smallest absolute Gasteiger partial charge is 0.123 e. The van der Waals surface area contributed by atoms with E-state index in [0.29, 0.717) is 13.2 Å². The molecule has 0 aliphatic heterocycles. The fraction of sp³-hybridized carbons (Fsp3) is 0.455. The van der Waals surface area contributed by atoms with Crippen molar-refractivity contribution in [3.05, 3.63) is 35.6 Å². The topological polar surface area (TPSA) is 35.2 Å². The van der Waals surface area contributed by atoms with Crippen LogP contribution in [0.15, 0.2) is 24.3 Å². The van der Waals surface area contributed by atoms with Crippen LogP contribution in [0.1, 0.15) is 19.4 Å². The number of hydrogen-bond acceptors (Lipinski definition) is 2. The third-order valence-corrected chi connectivity index (χ3v) is 1.63. The lowest BCUT2D eigenvalue weighted by atomic mass is 10.1. The van der Waals surface area contributed by atoms with Crippen LogP contribution in [0.5, 0.6) is 0 Å². The van der Waals surface area contributed by atoms with Gasteiger partial charge in [-0.25, -0.2) is 4.39 Å². The molecule has 0 spiro atoms. The Morgan fingerprint density at radius 2 is 2.14 bits per heavy atom. The zero-order valence-corrected chi connectivity index (χ0v) is 8.59. The van der Waals surface area contributed by atoms with Crippen LogP contribution in [0.3, 0.4) is 0 Å². The van der Waals surface area contributed by atoms with Gasteiger partial charge in [-0.1, -0.05) is 12.1 Å². The Morgan fingerprint density at radius 1 is 1.43 bits per heavy atom. The molecule has 1 aromatic carbocycles. The van der Waals surface area contributed by atoms with Crippen molar-refractivity contribution in [2.75, 3.05) is 6.61 Å². The van der Waals surface area contributed by atoms with Crippen LogP contribution >= 0.6 is 0 Å². The van der Waals surface area contributed by atoms with E-state index in [0.717, 1.165) is 5.56 Å². The lowest BCUT2D eigenvalue weighted by molar-refractivity contribution is 0.0849. The van der Waals surface area contributed by atoms with E-state index in [4.69, 9.17) is 10.5 Å². The second-order valence-electron chi connectivity index (χ2n) is 4.11. The minimum atomic E-state index is -0.340. The highest BCUT2D eigenvalue weighted by molar-refractivity contribution is 5.15. The molecule has 1 aromatic rings. The van der Waals surface area contributed by atoms with Gasteiger partial charge in [0.05, 0.1) is 13.2 Å². The Kier molecular flexibility index (Phi) is 3.61. The van der Waals surface area contributed by atoms with Crippen molar-refractivity contribution < 1.29 is 9.13 Å². The van der Waals surface area contributed by atoms with Gasteiger partial charge in [-0.15, -0.1) is 0 Å². The molecule has 78 valence electrons. The van der Waals surface area contributed by atoms with Crippen molar-refractivity contribution in [1.29, 1.82) is 0 Å². The molecule has 14 heavy (non-hydrogen) atoms. The van der Waals surface area contributed by atoms with Crippen molar-refractivity contribution in [3.63, 3.8) is 0 Å². The molecule has 0 amide bonds. The Bertz CT molecular complexity index is 294. The van der Waals surface area contributed by atoms with E-state index in [-0.39, 0.29) is 11.4 Å². The van der Waals surface area contributed by atoms with Gasteiger partial charge in [0.2, 0.25) is 0 Å². The molecule has 0 radical (unpaired) electrons. The minimum Gasteiger partial charge on any atom is -0.375 e. The number of rotatable bonds is 4. The van der Waals surface area contributed by atoms with Crippen molar-refractivity contribution >= 4 is 0 Å². The quantitative estimate of drug-likeness (QED) is 0.802. The zero-order chi connectivity index (χ0) is 10.6. The summed E-state index contributed by atoms with van der Waals surface area (Å²) < 4.78 is 18.1. The molecule has 2 nitrogen and oxygen atoms in total. The Morgan fingerprint density at radius 3 is 2.71 bits per heavy atom. The van der Waals surface area contributed by atoms with Gasteiger partial charge in [-0.2, -0.15) is 0 Å². The molecule has 0 unspecified atom stereocenters. The summed E-state index contributed by atoms with van der Waals surface area (Å²) in [6, 6.07) is 6.37. The molecule has 0 aliphatic carbocycles. The van der Waals surface area contributed by atoms with Crippen molar-refractivity contribution in [2.45, 2.75) is 26.0 Å². The molecule has 0 bridgehead atoms. The van der Waals surface area contributed by atoms with Crippen LogP contribution in [0, 0.1) is 5.82 Å². The highest BCUT2D eigenvalue weighted by Gasteiger charge is 2.10. The minimum absolute atomic E-state index is 0.238. The van der Waals surface area contributed by atoms with Crippen molar-refractivity contribution in [2.24, 2.45) is 5.73 Å². The molecule has 2 N–H and O–H groups in total. The molecule has 0 saturated carbocycles. The van der Waals surface area contributed by atoms with Crippen LogP contribution < -0.4 is 5.73 Å². The summed E-state index contributed by atoms with van der Waals surface area (Å²) in [5.41, 5.74) is 6.22. The fourth-order valence-electron chi connectivity index (χ4n) is 1.06. The normalized spacial score (nSPS) is 11.7. The van der Waals surface area contributed by atoms with Gasteiger partial charge < -0.3 is 10.5 Å². The molecule has 1 rings (SSSR count). The first-order valence-electron chi connectivity index (χ1n) is 4.58. The summed E-state index contributed by atoms with van der Waals surface area (Å²) in [5, 5.41) is 0. The van der Waals surface area contributed by atoms with E-state index in [9.17, 15) is 4.39 Å². The van der Waals surface area contributed by atoms with Crippen LogP contribution in [0.4, 0.5) is 4.39 Å². The molecule has 0 fully saturated rings. The molecular formula is C11H16FNO. The van der Waals surface area contributed by atoms with Crippen LogP contribution in [-0.2, 0) is 11.3 Å². The van der Waals surface area contributed by atoms with Crippen LogP contribution in [0.2, 0.25) is 0 Å². The Balaban J connectivity index is 2.39. The van der Waals surface area contributed by atoms with Gasteiger partial charge >= 0.3 is 0 Å². The molecule has 0 aromatic heterocycles. The van der Waals surface area contributed by atoms with Gasteiger partial charge in [0.1, 0.15) is 5.82 Å². The van der Waals surface area contributed by atoms with E-state index in [1.807, 2.05) is 19.9 Å². The Labute approximate surface area is 83.9 Å². The first-order chi connectivity index (χ1) is 6.47. The van der Waals surface area contributed by atoms with Crippen molar-refractivity contribution in [3.8, 4) is 0 Å². The standard InChI is InChI=1S/C11H16FNO/c1-11(2,13)8-14-7-9-4-3-5-10(12)6-9/h3-6H,7-8,13H2,1-2H3. The first-order valence-corrected chi connectivity index (χ1v) is 4.58. The summed E-state index contributed by atoms with van der Waals surface area (Å²) >= 11 is 0. The molecule has 0 atom stereocenters. The number of benzene rings is 1. The SMILES string of the molecule is CC(C)(N)COCc1cccc(F)c1. The number of halogens is 1. The maximum absolute atomic E-state index is 12.7. The summed E-state index contributed by atoms with van der Waals surface area (Å²) in [6.07, 6.45) is 0. The first kappa shape index (κ1) is 11.1. The maximum atomic E-state index is 12.7. The van der Waals surface area contributed by atoms with E-state index < -0.39 is 0 Å². The summed E-state index contributed by atoms with van der Waals surface area (Å²) in [5.74, 6) is -0.238. The maximum Gasteiger partial charge on any atom is 0.123 e. The fourth-order valence-corrected chi connectivity index (χ4v) is 1.06. The molecule has 0 heterocycles. The van der Waals surface area contributed by atoms with E-state index in [1.165, 1.54) is 12.1 Å². The zero-order valence-electron chi connectivity index (χ0n) is 8.59. The molecule has 0 aliphatic rings. The number of ether oxygens (including phenoxy) is 1. The lowest BCUT2D eigenvalue weighted by Crippen LogP contribution is -2.37.